The van der Waals surface area contributed by atoms with E-state index in [-0.39, 0.29) is 57.8 Å². The van der Waals surface area contributed by atoms with Crippen molar-refractivity contribution < 1.29 is 140 Å². The van der Waals surface area contributed by atoms with E-state index < -0.39 is 174 Å². The van der Waals surface area contributed by atoms with Crippen molar-refractivity contribution >= 4 is 77.2 Å². The first kappa shape index (κ1) is 68.6. The minimum atomic E-state index is -5.66. The van der Waals surface area contributed by atoms with E-state index in [1.54, 1.807) is 6.92 Å². The van der Waals surface area contributed by atoms with Crippen LogP contribution in [0, 0.1) is 0 Å². The van der Waals surface area contributed by atoms with Crippen LogP contribution in [0.15, 0.2) is 0 Å². The lowest BCUT2D eigenvalue weighted by Crippen LogP contribution is -2.68. The second kappa shape index (κ2) is 36.6. The summed E-state index contributed by atoms with van der Waals surface area (Å²) < 4.78 is 141. The molecule has 0 saturated heterocycles. The SMILES string of the molecule is CCCC(=O)O[C@@H]1[C@H](OC(=O)CCC)[C@@H](OP(=O)(OCOC(=O)CC)OCOC(=O)CC)[C@H](OC(=O)CCC)[C@@H](OP(=O)(OCOC(=O)CC)OCOC(=O)CC)[C@@H]1OP(=O)(OCOC(=O)CC)OCOC(=O)CC. The lowest BCUT2D eigenvalue weighted by molar-refractivity contribution is -0.244. The van der Waals surface area contributed by atoms with Gasteiger partial charge in [-0.2, -0.15) is 0 Å². The fourth-order valence-electron chi connectivity index (χ4n) is 5.42. The highest BCUT2D eigenvalue weighted by Crippen LogP contribution is 2.59. The third kappa shape index (κ3) is 26.5. The number of ether oxygens (including phenoxy) is 9. The zero-order valence-corrected chi connectivity index (χ0v) is 46.0. The van der Waals surface area contributed by atoms with Gasteiger partial charge in [0.25, 0.3) is 0 Å². The number of carbonyl (C=O) groups is 9. The Balaban J connectivity index is 4.74. The number of phosphoric ester groups is 3. The number of hydrogen-bond donors (Lipinski definition) is 0. The van der Waals surface area contributed by atoms with Gasteiger partial charge in [-0.25, -0.2) is 40.8 Å². The molecule has 0 N–H and O–H groups in total. The van der Waals surface area contributed by atoms with E-state index in [4.69, 9.17) is 83.3 Å². The van der Waals surface area contributed by atoms with Crippen molar-refractivity contribution in [3.8, 4) is 0 Å². The van der Waals surface area contributed by atoms with Gasteiger partial charge < -0.3 is 42.6 Å². The van der Waals surface area contributed by atoms with Crippen LogP contribution in [0.2, 0.25) is 0 Å². The van der Waals surface area contributed by atoms with Gasteiger partial charge >= 0.3 is 77.2 Å². The van der Waals surface area contributed by atoms with Gasteiger partial charge in [-0.1, -0.05) is 62.3 Å². The van der Waals surface area contributed by atoms with E-state index in [1.165, 1.54) is 55.4 Å². The van der Waals surface area contributed by atoms with Crippen LogP contribution < -0.4 is 0 Å². The second-order valence-electron chi connectivity index (χ2n) is 14.9. The standard InChI is InChI=1S/C42H69O30P3/c1-10-19-34(49)67-37-38(68-35(50)20-11-2)41(71-74(53,63-24-57-30(45)15-6)64-25-58-31(46)16-7)42(72-75(54,65-26-59-32(47)17-8)66-27-60-33(48)18-9)39(69-36(51)21-12-3)40(37)70-73(52,61-22-55-28(43)13-4)62-23-56-29(44)14-5/h37-42H,10-27H2,1-9H3/t37-,38+,39-,40+,41+,42+/m0/s1. The zero-order valence-electron chi connectivity index (χ0n) is 43.3. The summed E-state index contributed by atoms with van der Waals surface area (Å²) in [6.45, 7) is 5.41. The van der Waals surface area contributed by atoms with Gasteiger partial charge in [0.2, 0.25) is 40.8 Å². The molecule has 0 spiro atoms. The van der Waals surface area contributed by atoms with E-state index in [2.05, 4.69) is 0 Å². The minimum absolute atomic E-state index is 0.0329. The monoisotopic (exact) mass is 1150 g/mol. The van der Waals surface area contributed by atoms with Crippen LogP contribution in [-0.4, -0.2) is 131 Å². The van der Waals surface area contributed by atoms with Gasteiger partial charge in [-0.15, -0.1) is 0 Å². The predicted octanol–water partition coefficient (Wildman–Crippen LogP) is 6.18. The summed E-state index contributed by atoms with van der Waals surface area (Å²) in [4.78, 5) is 115. The van der Waals surface area contributed by atoms with Crippen molar-refractivity contribution in [2.24, 2.45) is 0 Å². The van der Waals surface area contributed by atoms with Crippen molar-refractivity contribution in [2.75, 3.05) is 40.8 Å². The first-order chi connectivity index (χ1) is 35.5. The molecule has 75 heavy (non-hydrogen) atoms. The molecule has 6 atom stereocenters. The molecule has 1 aliphatic carbocycles. The summed E-state index contributed by atoms with van der Waals surface area (Å²) in [7, 11) is -16.8. The number of esters is 9. The maximum absolute atomic E-state index is 15.0. The van der Waals surface area contributed by atoms with Crippen molar-refractivity contribution in [3.05, 3.63) is 0 Å². The van der Waals surface area contributed by atoms with Crippen LogP contribution in [0.1, 0.15) is 139 Å². The highest BCUT2D eigenvalue weighted by molar-refractivity contribution is 7.49. The van der Waals surface area contributed by atoms with Gasteiger partial charge in [0.05, 0.1) is 0 Å². The van der Waals surface area contributed by atoms with E-state index >= 15 is 0 Å². The van der Waals surface area contributed by atoms with Crippen LogP contribution in [-0.2, 0) is 140 Å². The molecule has 1 fully saturated rings. The molecule has 0 heterocycles. The molecule has 0 aromatic rings. The first-order valence-corrected chi connectivity index (χ1v) is 28.2. The quantitative estimate of drug-likeness (QED) is 0.0287. The molecule has 0 unspecified atom stereocenters. The van der Waals surface area contributed by atoms with E-state index in [9.17, 15) is 56.8 Å². The summed E-state index contributed by atoms with van der Waals surface area (Å²) in [6, 6.07) is 0. The molecule has 1 aliphatic rings. The maximum atomic E-state index is 15.0. The lowest BCUT2D eigenvalue weighted by Gasteiger charge is -2.48. The van der Waals surface area contributed by atoms with Crippen molar-refractivity contribution in [3.63, 3.8) is 0 Å². The number of carbonyl (C=O) groups excluding carboxylic acids is 9. The van der Waals surface area contributed by atoms with Crippen molar-refractivity contribution in [1.82, 2.24) is 0 Å². The normalized spacial score (nSPS) is 18.7. The average Bonchev–Trinajstić information content (AvgIpc) is 3.36. The Morgan fingerprint density at radius 2 is 0.453 bits per heavy atom. The highest BCUT2D eigenvalue weighted by Gasteiger charge is 2.63. The third-order valence-electron chi connectivity index (χ3n) is 9.18. The fraction of sp³-hybridized carbons (Fsp3) is 0.786. The van der Waals surface area contributed by atoms with Crippen molar-refractivity contribution in [2.45, 2.75) is 176 Å². The van der Waals surface area contributed by atoms with Crippen LogP contribution in [0.4, 0.5) is 0 Å². The Morgan fingerprint density at radius 1 is 0.280 bits per heavy atom. The molecule has 0 aromatic heterocycles. The summed E-state index contributed by atoms with van der Waals surface area (Å²) in [5.74, 6) is -9.13. The molecule has 33 heteroatoms. The zero-order chi connectivity index (χ0) is 56.6. The van der Waals surface area contributed by atoms with Gasteiger partial charge in [0.15, 0.2) is 18.3 Å². The third-order valence-corrected chi connectivity index (χ3v) is 13.2. The van der Waals surface area contributed by atoms with Gasteiger partial charge in [-0.05, 0) is 19.3 Å². The largest absolute Gasteiger partial charge is 0.481 e. The summed E-state index contributed by atoms with van der Waals surface area (Å²) >= 11 is 0. The Hall–Kier alpha value is -4.44. The molecule has 0 aromatic carbocycles. The molecule has 1 rings (SSSR count). The maximum Gasteiger partial charge on any atom is 0.481 e. The van der Waals surface area contributed by atoms with Gasteiger partial charge in [-0.3, -0.25) is 56.7 Å². The average molecular weight is 1150 g/mol. The Labute approximate surface area is 433 Å². The van der Waals surface area contributed by atoms with E-state index in [0.29, 0.717) is 0 Å². The van der Waals surface area contributed by atoms with Crippen LogP contribution in [0.5, 0.6) is 0 Å². The smallest absolute Gasteiger partial charge is 0.456 e. The van der Waals surface area contributed by atoms with Crippen LogP contribution in [0.3, 0.4) is 0 Å². The van der Waals surface area contributed by atoms with Crippen LogP contribution in [0.25, 0.3) is 0 Å². The molecule has 0 bridgehead atoms. The summed E-state index contributed by atoms with van der Waals surface area (Å²) in [6.07, 6.45) is -17.9. The molecule has 1 saturated carbocycles. The molecular weight excluding hydrogens is 1080 g/mol. The number of phosphoric acid groups is 3. The molecule has 0 radical (unpaired) electrons. The highest BCUT2D eigenvalue weighted by atomic mass is 31.2. The predicted molar refractivity (Wildman–Crippen MR) is 246 cm³/mol. The van der Waals surface area contributed by atoms with Gasteiger partial charge in [0.1, 0.15) is 18.3 Å². The Kier molecular flexibility index (Phi) is 33.4. The molecule has 0 amide bonds. The molecule has 0 aliphatic heterocycles. The topological polar surface area (TPSA) is 371 Å². The Morgan fingerprint density at radius 3 is 0.627 bits per heavy atom. The van der Waals surface area contributed by atoms with Crippen molar-refractivity contribution in [1.29, 1.82) is 0 Å². The molecule has 432 valence electrons. The first-order valence-electron chi connectivity index (χ1n) is 23.8. The molecule has 30 nitrogen and oxygen atoms in total. The van der Waals surface area contributed by atoms with Crippen LogP contribution >= 0.6 is 23.5 Å². The van der Waals surface area contributed by atoms with E-state index in [0.717, 1.165) is 0 Å². The Bertz CT molecular complexity index is 1920. The molecular formula is C42H69O30P3. The van der Waals surface area contributed by atoms with Gasteiger partial charge in [0, 0.05) is 57.8 Å². The minimum Gasteiger partial charge on any atom is -0.456 e. The second-order valence-corrected chi connectivity index (χ2v) is 19.7. The fourth-order valence-corrected chi connectivity index (χ4v) is 8.72. The van der Waals surface area contributed by atoms with E-state index in [1.807, 2.05) is 0 Å². The summed E-state index contributed by atoms with van der Waals surface area (Å²) in [5, 5.41) is 0. The lowest BCUT2D eigenvalue weighted by atomic mass is 9.84. The number of hydrogen-bond acceptors (Lipinski definition) is 30. The summed E-state index contributed by atoms with van der Waals surface area (Å²) in [5.41, 5.74) is 0. The number of rotatable bonds is 39.